The fourth-order valence-electron chi connectivity index (χ4n) is 1.07. The van der Waals surface area contributed by atoms with Crippen molar-refractivity contribution >= 4 is 11.6 Å². The zero-order chi connectivity index (χ0) is 7.90. The van der Waals surface area contributed by atoms with Gasteiger partial charge < -0.3 is 5.11 Å². The fraction of sp³-hybridized carbons (Fsp3) is 0.375. The maximum absolute atomic E-state index is 9.63. The molecule has 0 atom stereocenters. The van der Waals surface area contributed by atoms with E-state index in [0.717, 1.165) is 18.4 Å². The summed E-state index contributed by atoms with van der Waals surface area (Å²) < 4.78 is 0. The van der Waals surface area contributed by atoms with Crippen molar-refractivity contribution in [2.45, 2.75) is 18.4 Å². The van der Waals surface area contributed by atoms with Crippen molar-refractivity contribution in [2.24, 2.45) is 0 Å². The topological polar surface area (TPSA) is 33.1 Å². The van der Waals surface area contributed by atoms with Gasteiger partial charge in [-0.05, 0) is 18.9 Å². The molecule has 0 saturated heterocycles. The summed E-state index contributed by atoms with van der Waals surface area (Å²) in [5.74, 6) is 0. The van der Waals surface area contributed by atoms with E-state index in [9.17, 15) is 5.11 Å². The number of hydrogen-bond acceptors (Lipinski definition) is 2. The first-order chi connectivity index (χ1) is 5.21. The Morgan fingerprint density at radius 2 is 2.18 bits per heavy atom. The Labute approximate surface area is 69.8 Å². The van der Waals surface area contributed by atoms with Crippen molar-refractivity contribution in [1.29, 1.82) is 0 Å². The van der Waals surface area contributed by atoms with Gasteiger partial charge in [-0.15, -0.1) is 0 Å². The maximum atomic E-state index is 9.63. The molecule has 0 spiro atoms. The molecule has 1 aromatic rings. The van der Waals surface area contributed by atoms with Crippen LogP contribution in [0.1, 0.15) is 18.4 Å². The Balaban J connectivity index is 2.38. The lowest BCUT2D eigenvalue weighted by Crippen LogP contribution is -2.03. The van der Waals surface area contributed by atoms with Crippen LogP contribution in [0.5, 0.6) is 0 Å². The molecule has 0 aliphatic heterocycles. The largest absolute Gasteiger partial charge is 0.385 e. The van der Waals surface area contributed by atoms with Crippen LogP contribution in [0.3, 0.4) is 0 Å². The Hall–Kier alpha value is -0.600. The lowest BCUT2D eigenvalue weighted by molar-refractivity contribution is 0.151. The Morgan fingerprint density at radius 3 is 2.73 bits per heavy atom. The molecule has 0 aromatic carbocycles. The summed E-state index contributed by atoms with van der Waals surface area (Å²) >= 11 is 5.71. The molecule has 3 heteroatoms. The van der Waals surface area contributed by atoms with Crippen LogP contribution in [0.4, 0.5) is 0 Å². The van der Waals surface area contributed by atoms with E-state index in [1.54, 1.807) is 18.5 Å². The summed E-state index contributed by atoms with van der Waals surface area (Å²) in [6.07, 6.45) is 4.89. The van der Waals surface area contributed by atoms with Crippen molar-refractivity contribution in [1.82, 2.24) is 4.98 Å². The van der Waals surface area contributed by atoms with E-state index < -0.39 is 5.60 Å². The van der Waals surface area contributed by atoms with E-state index in [1.165, 1.54) is 0 Å². The highest BCUT2D eigenvalue weighted by atomic mass is 35.5. The van der Waals surface area contributed by atoms with Crippen LogP contribution in [-0.4, -0.2) is 10.1 Å². The Morgan fingerprint density at radius 1 is 1.45 bits per heavy atom. The number of nitrogens with zero attached hydrogens (tertiary/aromatic N) is 1. The molecule has 0 amide bonds. The van der Waals surface area contributed by atoms with Crippen molar-refractivity contribution in [3.8, 4) is 0 Å². The lowest BCUT2D eigenvalue weighted by Gasteiger charge is -2.05. The van der Waals surface area contributed by atoms with Gasteiger partial charge in [-0.1, -0.05) is 11.6 Å². The number of aliphatic hydroxyl groups is 1. The van der Waals surface area contributed by atoms with Crippen LogP contribution in [0.25, 0.3) is 0 Å². The molecule has 2 nitrogen and oxygen atoms in total. The third-order valence-electron chi connectivity index (χ3n) is 1.97. The monoisotopic (exact) mass is 169 g/mol. The smallest absolute Gasteiger partial charge is 0.0914 e. The normalized spacial score (nSPS) is 19.8. The molecular weight excluding hydrogens is 162 g/mol. The minimum atomic E-state index is -0.613. The molecule has 1 aliphatic carbocycles. The molecule has 0 radical (unpaired) electrons. The molecule has 1 heterocycles. The number of hydrogen-bond donors (Lipinski definition) is 1. The minimum Gasteiger partial charge on any atom is -0.385 e. The standard InChI is InChI=1S/C8H8ClNO/c9-7-3-6(4-10-5-7)8(11)1-2-8/h3-5,11H,1-2H2. The molecule has 58 valence electrons. The van der Waals surface area contributed by atoms with Gasteiger partial charge >= 0.3 is 0 Å². The average Bonchev–Trinajstić information content (AvgIpc) is 2.70. The van der Waals surface area contributed by atoms with Gasteiger partial charge in [-0.25, -0.2) is 0 Å². The quantitative estimate of drug-likeness (QED) is 0.695. The van der Waals surface area contributed by atoms with Crippen LogP contribution < -0.4 is 0 Å². The van der Waals surface area contributed by atoms with Gasteiger partial charge in [0, 0.05) is 18.0 Å². The summed E-state index contributed by atoms with van der Waals surface area (Å²) in [5, 5.41) is 10.2. The minimum absolute atomic E-state index is 0.586. The second-order valence-corrected chi connectivity index (χ2v) is 3.36. The van der Waals surface area contributed by atoms with Gasteiger partial charge in [0.1, 0.15) is 0 Å². The zero-order valence-corrected chi connectivity index (χ0v) is 6.67. The molecule has 1 N–H and O–H groups in total. The summed E-state index contributed by atoms with van der Waals surface area (Å²) in [5.41, 5.74) is 0.225. The first kappa shape index (κ1) is 7.07. The SMILES string of the molecule is OC1(c2cncc(Cl)c2)CC1. The third-order valence-corrected chi connectivity index (χ3v) is 2.17. The summed E-state index contributed by atoms with van der Waals surface area (Å²) in [6, 6.07) is 1.77. The first-order valence-corrected chi connectivity index (χ1v) is 3.92. The highest BCUT2D eigenvalue weighted by molar-refractivity contribution is 6.30. The van der Waals surface area contributed by atoms with Gasteiger partial charge in [-0.3, -0.25) is 4.98 Å². The van der Waals surface area contributed by atoms with Crippen LogP contribution in [-0.2, 0) is 5.60 Å². The highest BCUT2D eigenvalue weighted by Crippen LogP contribution is 2.45. The molecular formula is C8H8ClNO. The second kappa shape index (κ2) is 2.19. The highest BCUT2D eigenvalue weighted by Gasteiger charge is 2.42. The number of halogens is 1. The predicted octanol–water partition coefficient (Wildman–Crippen LogP) is 1.72. The van der Waals surface area contributed by atoms with Gasteiger partial charge in [0.15, 0.2) is 0 Å². The summed E-state index contributed by atoms with van der Waals surface area (Å²) in [7, 11) is 0. The van der Waals surface area contributed by atoms with Gasteiger partial charge in [-0.2, -0.15) is 0 Å². The van der Waals surface area contributed by atoms with Crippen LogP contribution in [0.2, 0.25) is 5.02 Å². The molecule has 0 unspecified atom stereocenters. The number of pyridine rings is 1. The van der Waals surface area contributed by atoms with Gasteiger partial charge in [0.05, 0.1) is 10.6 Å². The summed E-state index contributed by atoms with van der Waals surface area (Å²) in [6.45, 7) is 0. The number of rotatable bonds is 1. The fourth-order valence-corrected chi connectivity index (χ4v) is 1.25. The van der Waals surface area contributed by atoms with E-state index in [-0.39, 0.29) is 0 Å². The first-order valence-electron chi connectivity index (χ1n) is 3.54. The van der Waals surface area contributed by atoms with Crippen LogP contribution >= 0.6 is 11.6 Å². The second-order valence-electron chi connectivity index (χ2n) is 2.92. The maximum Gasteiger partial charge on any atom is 0.0914 e. The molecule has 1 aromatic heterocycles. The molecule has 2 rings (SSSR count). The van der Waals surface area contributed by atoms with Crippen LogP contribution in [0, 0.1) is 0 Å². The van der Waals surface area contributed by atoms with E-state index in [4.69, 9.17) is 11.6 Å². The zero-order valence-electron chi connectivity index (χ0n) is 5.92. The molecule has 1 fully saturated rings. The summed E-state index contributed by atoms with van der Waals surface area (Å²) in [4.78, 5) is 3.90. The molecule has 0 bridgehead atoms. The van der Waals surface area contributed by atoms with Gasteiger partial charge in [0.2, 0.25) is 0 Å². The van der Waals surface area contributed by atoms with Gasteiger partial charge in [0.25, 0.3) is 0 Å². The molecule has 1 saturated carbocycles. The lowest BCUT2D eigenvalue weighted by atomic mass is 10.1. The average molecular weight is 170 g/mol. The predicted molar refractivity (Wildman–Crippen MR) is 42.4 cm³/mol. The van der Waals surface area contributed by atoms with Crippen molar-refractivity contribution in [2.75, 3.05) is 0 Å². The molecule has 11 heavy (non-hydrogen) atoms. The number of aromatic nitrogens is 1. The Kier molecular flexibility index (Phi) is 1.41. The van der Waals surface area contributed by atoms with E-state index in [1.807, 2.05) is 0 Å². The van der Waals surface area contributed by atoms with Crippen molar-refractivity contribution in [3.63, 3.8) is 0 Å². The van der Waals surface area contributed by atoms with E-state index in [0.29, 0.717) is 5.02 Å². The van der Waals surface area contributed by atoms with Crippen molar-refractivity contribution < 1.29 is 5.11 Å². The Bertz CT molecular complexity index is 283. The van der Waals surface area contributed by atoms with Crippen LogP contribution in [0.15, 0.2) is 18.5 Å². The van der Waals surface area contributed by atoms with E-state index in [2.05, 4.69) is 4.98 Å². The van der Waals surface area contributed by atoms with E-state index >= 15 is 0 Å². The third kappa shape index (κ3) is 1.24. The molecule has 1 aliphatic rings. The van der Waals surface area contributed by atoms with Crippen molar-refractivity contribution in [3.05, 3.63) is 29.0 Å².